The molecule has 110 valence electrons. The molecule has 0 aliphatic carbocycles. The first-order valence-corrected chi connectivity index (χ1v) is 6.64. The van der Waals surface area contributed by atoms with E-state index in [1.807, 2.05) is 4.90 Å². The van der Waals surface area contributed by atoms with Crippen LogP contribution in [0.2, 0.25) is 0 Å². The normalized spacial score (nSPS) is 17.0. The fourth-order valence-corrected chi connectivity index (χ4v) is 2.48. The molecule has 2 rings (SSSR count). The van der Waals surface area contributed by atoms with E-state index >= 15 is 0 Å². The highest BCUT2D eigenvalue weighted by molar-refractivity contribution is 5.63. The van der Waals surface area contributed by atoms with Gasteiger partial charge in [0.05, 0.1) is 11.5 Å². The highest BCUT2D eigenvalue weighted by Crippen LogP contribution is 2.29. The summed E-state index contributed by atoms with van der Waals surface area (Å²) in [5.41, 5.74) is 0.267. The average molecular weight is 283 g/mol. The van der Waals surface area contributed by atoms with Crippen molar-refractivity contribution >= 4 is 11.4 Å². The van der Waals surface area contributed by atoms with Crippen molar-refractivity contribution < 1.29 is 14.4 Å². The van der Waals surface area contributed by atoms with Gasteiger partial charge in [-0.15, -0.1) is 0 Å². The summed E-state index contributed by atoms with van der Waals surface area (Å²) in [6.07, 6.45) is 0.827. The molecule has 0 amide bonds. The van der Waals surface area contributed by atoms with Crippen LogP contribution < -0.4 is 4.90 Å². The van der Waals surface area contributed by atoms with Crippen LogP contribution in [0.4, 0.5) is 15.8 Å². The number of β-amino-alcohol motifs (C(OH)–C–C–N with tert-alkyl or cyclic N) is 1. The van der Waals surface area contributed by atoms with Gasteiger partial charge in [0, 0.05) is 38.3 Å². The Morgan fingerprint density at radius 2 is 2.10 bits per heavy atom. The summed E-state index contributed by atoms with van der Waals surface area (Å²) in [6.45, 7) is 3.46. The molecular formula is C13H18FN3O3. The minimum Gasteiger partial charge on any atom is -0.395 e. The van der Waals surface area contributed by atoms with Gasteiger partial charge < -0.3 is 10.0 Å². The predicted molar refractivity (Wildman–Crippen MR) is 73.4 cm³/mol. The molecule has 1 aliphatic rings. The van der Waals surface area contributed by atoms with Gasteiger partial charge in [0.2, 0.25) is 0 Å². The average Bonchev–Trinajstić information content (AvgIpc) is 2.64. The molecule has 1 heterocycles. The van der Waals surface area contributed by atoms with Crippen molar-refractivity contribution in [1.29, 1.82) is 0 Å². The molecule has 1 aromatic carbocycles. The molecule has 0 radical (unpaired) electrons. The van der Waals surface area contributed by atoms with Crippen molar-refractivity contribution in [2.45, 2.75) is 6.42 Å². The molecule has 0 unspecified atom stereocenters. The van der Waals surface area contributed by atoms with Crippen molar-refractivity contribution in [2.24, 2.45) is 0 Å². The molecule has 0 spiro atoms. The Kier molecular flexibility index (Phi) is 4.86. The Morgan fingerprint density at radius 3 is 2.80 bits per heavy atom. The van der Waals surface area contributed by atoms with E-state index in [1.54, 1.807) is 0 Å². The van der Waals surface area contributed by atoms with Gasteiger partial charge in [-0.2, -0.15) is 0 Å². The number of hydrogen-bond donors (Lipinski definition) is 1. The minimum absolute atomic E-state index is 0.0676. The zero-order valence-corrected chi connectivity index (χ0v) is 11.2. The quantitative estimate of drug-likeness (QED) is 0.665. The number of anilines is 1. The molecular weight excluding hydrogens is 265 g/mol. The third-order valence-corrected chi connectivity index (χ3v) is 3.48. The summed E-state index contributed by atoms with van der Waals surface area (Å²) in [4.78, 5) is 14.5. The summed E-state index contributed by atoms with van der Waals surface area (Å²) in [6, 6.07) is 3.54. The lowest BCUT2D eigenvalue weighted by Gasteiger charge is -2.23. The van der Waals surface area contributed by atoms with Gasteiger partial charge in [-0.25, -0.2) is 4.39 Å². The monoisotopic (exact) mass is 283 g/mol. The van der Waals surface area contributed by atoms with E-state index in [2.05, 4.69) is 4.90 Å². The second-order valence-electron chi connectivity index (χ2n) is 4.80. The maximum Gasteiger partial charge on any atom is 0.292 e. The Balaban J connectivity index is 2.18. The Labute approximate surface area is 116 Å². The van der Waals surface area contributed by atoms with E-state index in [4.69, 9.17) is 5.11 Å². The number of hydrogen-bond acceptors (Lipinski definition) is 5. The third kappa shape index (κ3) is 3.43. The second-order valence-corrected chi connectivity index (χ2v) is 4.80. The predicted octanol–water partition coefficient (Wildman–Crippen LogP) is 1.24. The zero-order valence-electron chi connectivity index (χ0n) is 11.2. The van der Waals surface area contributed by atoms with E-state index in [0.717, 1.165) is 19.0 Å². The fourth-order valence-electron chi connectivity index (χ4n) is 2.48. The van der Waals surface area contributed by atoms with E-state index in [-0.39, 0.29) is 12.3 Å². The van der Waals surface area contributed by atoms with Crippen LogP contribution in [-0.2, 0) is 0 Å². The standard InChI is InChI=1S/C13H18FN3O3/c14-11-2-3-12(17(19)20)13(10-11)16-5-1-4-15(6-7-16)8-9-18/h2-3,10,18H,1,4-9H2. The van der Waals surface area contributed by atoms with Crippen LogP contribution in [-0.4, -0.2) is 54.3 Å². The zero-order chi connectivity index (χ0) is 14.5. The minimum atomic E-state index is -0.481. The van der Waals surface area contributed by atoms with Gasteiger partial charge in [-0.05, 0) is 19.0 Å². The third-order valence-electron chi connectivity index (χ3n) is 3.48. The number of nitro benzene ring substituents is 1. The molecule has 0 atom stereocenters. The highest BCUT2D eigenvalue weighted by atomic mass is 19.1. The maximum absolute atomic E-state index is 13.4. The molecule has 20 heavy (non-hydrogen) atoms. The number of benzene rings is 1. The van der Waals surface area contributed by atoms with Crippen LogP contribution in [0.15, 0.2) is 18.2 Å². The second kappa shape index (κ2) is 6.62. The van der Waals surface area contributed by atoms with E-state index in [9.17, 15) is 14.5 Å². The van der Waals surface area contributed by atoms with Gasteiger partial charge in [0.1, 0.15) is 11.5 Å². The van der Waals surface area contributed by atoms with Crippen molar-refractivity contribution in [3.63, 3.8) is 0 Å². The van der Waals surface area contributed by atoms with E-state index < -0.39 is 10.7 Å². The molecule has 0 aromatic heterocycles. The van der Waals surface area contributed by atoms with Gasteiger partial charge in [-0.3, -0.25) is 15.0 Å². The van der Waals surface area contributed by atoms with Crippen LogP contribution in [0, 0.1) is 15.9 Å². The summed E-state index contributed by atoms with van der Waals surface area (Å²) in [5.74, 6) is -0.470. The topological polar surface area (TPSA) is 69.9 Å². The van der Waals surface area contributed by atoms with Gasteiger partial charge >= 0.3 is 0 Å². The van der Waals surface area contributed by atoms with Crippen LogP contribution in [0.3, 0.4) is 0 Å². The van der Waals surface area contributed by atoms with Crippen LogP contribution in [0.25, 0.3) is 0 Å². The Hall–Kier alpha value is -1.73. The summed E-state index contributed by atoms with van der Waals surface area (Å²) >= 11 is 0. The molecule has 0 saturated carbocycles. The highest BCUT2D eigenvalue weighted by Gasteiger charge is 2.22. The van der Waals surface area contributed by atoms with Crippen molar-refractivity contribution in [3.05, 3.63) is 34.1 Å². The number of rotatable bonds is 4. The first kappa shape index (κ1) is 14.7. The van der Waals surface area contributed by atoms with Crippen LogP contribution in [0.1, 0.15) is 6.42 Å². The molecule has 7 heteroatoms. The van der Waals surface area contributed by atoms with Crippen LogP contribution >= 0.6 is 0 Å². The lowest BCUT2D eigenvalue weighted by Crippen LogP contribution is -2.32. The number of aliphatic hydroxyl groups is 1. The van der Waals surface area contributed by atoms with E-state index in [1.165, 1.54) is 12.1 Å². The molecule has 1 fully saturated rings. The maximum atomic E-state index is 13.4. The number of nitrogens with zero attached hydrogens (tertiary/aromatic N) is 3. The summed E-state index contributed by atoms with van der Waals surface area (Å²) in [5, 5.41) is 20.0. The fraction of sp³-hybridized carbons (Fsp3) is 0.538. The first-order chi connectivity index (χ1) is 9.61. The van der Waals surface area contributed by atoms with Crippen molar-refractivity contribution in [1.82, 2.24) is 4.90 Å². The molecule has 0 bridgehead atoms. The van der Waals surface area contributed by atoms with Gasteiger partial charge in [0.15, 0.2) is 0 Å². The van der Waals surface area contributed by atoms with E-state index in [0.29, 0.717) is 31.9 Å². The van der Waals surface area contributed by atoms with Crippen LogP contribution in [0.5, 0.6) is 0 Å². The molecule has 1 aromatic rings. The summed E-state index contributed by atoms with van der Waals surface area (Å²) in [7, 11) is 0. The number of halogens is 1. The SMILES string of the molecule is O=[N+]([O-])c1ccc(F)cc1N1CCCN(CCO)CC1. The largest absolute Gasteiger partial charge is 0.395 e. The Bertz CT molecular complexity index is 484. The molecule has 1 N–H and O–H groups in total. The smallest absolute Gasteiger partial charge is 0.292 e. The molecule has 1 aliphatic heterocycles. The molecule has 6 nitrogen and oxygen atoms in total. The van der Waals surface area contributed by atoms with Crippen molar-refractivity contribution in [2.75, 3.05) is 44.2 Å². The van der Waals surface area contributed by atoms with Gasteiger partial charge in [-0.1, -0.05) is 0 Å². The first-order valence-electron chi connectivity index (χ1n) is 6.64. The molecule has 1 saturated heterocycles. The Morgan fingerprint density at radius 1 is 1.30 bits per heavy atom. The number of aliphatic hydroxyl groups excluding tert-OH is 1. The lowest BCUT2D eigenvalue weighted by atomic mass is 10.2. The van der Waals surface area contributed by atoms with Crippen molar-refractivity contribution in [3.8, 4) is 0 Å². The lowest BCUT2D eigenvalue weighted by molar-refractivity contribution is -0.384. The summed E-state index contributed by atoms with van der Waals surface area (Å²) < 4.78 is 13.4. The van der Waals surface area contributed by atoms with Gasteiger partial charge in [0.25, 0.3) is 5.69 Å². The number of nitro groups is 1.